The van der Waals surface area contributed by atoms with Crippen LogP contribution in [-0.2, 0) is 17.6 Å². The molecule has 1 atom stereocenters. The van der Waals surface area contributed by atoms with Crippen LogP contribution in [0.1, 0.15) is 29.8 Å². The number of piperidine rings is 1. The van der Waals surface area contributed by atoms with Crippen LogP contribution in [0.2, 0.25) is 0 Å². The van der Waals surface area contributed by atoms with Gasteiger partial charge in [0.25, 0.3) is 0 Å². The minimum absolute atomic E-state index is 0.208. The first-order valence-corrected chi connectivity index (χ1v) is 8.30. The van der Waals surface area contributed by atoms with Crippen LogP contribution in [0.3, 0.4) is 0 Å². The number of hydrogen-bond acceptors (Lipinski definition) is 3. The molecule has 0 spiro atoms. The lowest BCUT2D eigenvalue weighted by Crippen LogP contribution is -2.41. The summed E-state index contributed by atoms with van der Waals surface area (Å²) >= 11 is 0. The van der Waals surface area contributed by atoms with Crippen LogP contribution in [0.15, 0.2) is 42.7 Å². The predicted molar refractivity (Wildman–Crippen MR) is 89.9 cm³/mol. The molecule has 1 fully saturated rings. The summed E-state index contributed by atoms with van der Waals surface area (Å²) in [5.41, 5.74) is 3.18. The Morgan fingerprint density at radius 3 is 3.00 bits per heavy atom. The number of carbonyl (C=O) groups is 1. The minimum atomic E-state index is 0.208. The van der Waals surface area contributed by atoms with Crippen LogP contribution < -0.4 is 0 Å². The van der Waals surface area contributed by atoms with E-state index in [9.17, 15) is 4.79 Å². The number of aryl methyl sites for hydroxylation is 1. The molecule has 0 saturated carbocycles. The first kappa shape index (κ1) is 15.7. The standard InChI is InChI=1S/C19H23N3O/c1-15-5-2-8-18(21-15)11-17-7-4-10-22(14-17)19(23)12-16-6-3-9-20-13-16/h2-3,5-6,8-9,13,17H,4,7,10-12,14H2,1H3/t17-/m0/s1. The number of amides is 1. The van der Waals surface area contributed by atoms with Crippen molar-refractivity contribution >= 4 is 5.91 Å². The molecule has 3 heterocycles. The van der Waals surface area contributed by atoms with Gasteiger partial charge in [-0.2, -0.15) is 0 Å². The van der Waals surface area contributed by atoms with Crippen LogP contribution >= 0.6 is 0 Å². The van der Waals surface area contributed by atoms with Gasteiger partial charge in [0.05, 0.1) is 6.42 Å². The van der Waals surface area contributed by atoms with E-state index < -0.39 is 0 Å². The van der Waals surface area contributed by atoms with E-state index in [1.54, 1.807) is 12.4 Å². The highest BCUT2D eigenvalue weighted by molar-refractivity contribution is 5.78. The van der Waals surface area contributed by atoms with Crippen LogP contribution in [0, 0.1) is 12.8 Å². The van der Waals surface area contributed by atoms with Gasteiger partial charge in [-0.05, 0) is 55.9 Å². The van der Waals surface area contributed by atoms with E-state index in [1.807, 2.05) is 30.0 Å². The Hall–Kier alpha value is -2.23. The number of aromatic nitrogens is 2. The molecule has 23 heavy (non-hydrogen) atoms. The van der Waals surface area contributed by atoms with E-state index in [1.165, 1.54) is 6.42 Å². The molecule has 2 aromatic heterocycles. The molecular formula is C19H23N3O. The average Bonchev–Trinajstić information content (AvgIpc) is 2.56. The van der Waals surface area contributed by atoms with Gasteiger partial charge < -0.3 is 4.90 Å². The largest absolute Gasteiger partial charge is 0.342 e. The molecule has 0 aromatic carbocycles. The smallest absolute Gasteiger partial charge is 0.227 e. The predicted octanol–water partition coefficient (Wildman–Crippen LogP) is 2.81. The van der Waals surface area contributed by atoms with Crippen molar-refractivity contribution in [2.24, 2.45) is 5.92 Å². The molecule has 1 amide bonds. The van der Waals surface area contributed by atoms with Gasteiger partial charge in [0.15, 0.2) is 0 Å². The molecule has 1 aliphatic rings. The molecule has 3 rings (SSSR count). The summed E-state index contributed by atoms with van der Waals surface area (Å²) in [4.78, 5) is 23.2. The normalized spacial score (nSPS) is 18.0. The molecular weight excluding hydrogens is 286 g/mol. The van der Waals surface area contributed by atoms with Crippen molar-refractivity contribution in [1.29, 1.82) is 0 Å². The van der Waals surface area contributed by atoms with Crippen molar-refractivity contribution in [2.75, 3.05) is 13.1 Å². The summed E-state index contributed by atoms with van der Waals surface area (Å²) in [7, 11) is 0. The van der Waals surface area contributed by atoms with E-state index >= 15 is 0 Å². The molecule has 0 aliphatic carbocycles. The fourth-order valence-electron chi connectivity index (χ4n) is 3.26. The number of likely N-dealkylation sites (tertiary alicyclic amines) is 1. The summed E-state index contributed by atoms with van der Waals surface area (Å²) in [6, 6.07) is 10.0. The number of nitrogens with zero attached hydrogens (tertiary/aromatic N) is 3. The van der Waals surface area contributed by atoms with Gasteiger partial charge in [-0.1, -0.05) is 12.1 Å². The molecule has 4 heteroatoms. The first-order valence-electron chi connectivity index (χ1n) is 8.30. The maximum absolute atomic E-state index is 12.5. The van der Waals surface area contributed by atoms with E-state index in [0.29, 0.717) is 12.3 Å². The maximum atomic E-state index is 12.5. The van der Waals surface area contributed by atoms with E-state index in [2.05, 4.69) is 22.1 Å². The topological polar surface area (TPSA) is 46.1 Å². The van der Waals surface area contributed by atoms with Crippen molar-refractivity contribution in [1.82, 2.24) is 14.9 Å². The monoisotopic (exact) mass is 309 g/mol. The van der Waals surface area contributed by atoms with Crippen molar-refractivity contribution in [2.45, 2.75) is 32.6 Å². The summed E-state index contributed by atoms with van der Waals surface area (Å²) in [6.45, 7) is 3.74. The van der Waals surface area contributed by atoms with Crippen LogP contribution in [0.4, 0.5) is 0 Å². The quantitative estimate of drug-likeness (QED) is 0.872. The highest BCUT2D eigenvalue weighted by Gasteiger charge is 2.24. The van der Waals surface area contributed by atoms with E-state index in [0.717, 1.165) is 42.9 Å². The summed E-state index contributed by atoms with van der Waals surface area (Å²) in [6.07, 6.45) is 7.17. The zero-order chi connectivity index (χ0) is 16.1. The van der Waals surface area contributed by atoms with Crippen molar-refractivity contribution in [3.8, 4) is 0 Å². The van der Waals surface area contributed by atoms with Gasteiger partial charge in [-0.25, -0.2) is 0 Å². The first-order chi connectivity index (χ1) is 11.2. The third-order valence-corrected chi connectivity index (χ3v) is 4.39. The second-order valence-corrected chi connectivity index (χ2v) is 6.36. The molecule has 2 aromatic rings. The average molecular weight is 309 g/mol. The summed E-state index contributed by atoms with van der Waals surface area (Å²) in [5.74, 6) is 0.718. The van der Waals surface area contributed by atoms with Gasteiger partial charge in [-0.15, -0.1) is 0 Å². The molecule has 120 valence electrons. The van der Waals surface area contributed by atoms with E-state index in [-0.39, 0.29) is 5.91 Å². The lowest BCUT2D eigenvalue weighted by Gasteiger charge is -2.33. The molecule has 1 saturated heterocycles. The second kappa shape index (κ2) is 7.36. The van der Waals surface area contributed by atoms with Gasteiger partial charge in [-0.3, -0.25) is 14.8 Å². The van der Waals surface area contributed by atoms with Crippen LogP contribution in [0.5, 0.6) is 0 Å². The second-order valence-electron chi connectivity index (χ2n) is 6.36. The molecule has 4 nitrogen and oxygen atoms in total. The molecule has 0 N–H and O–H groups in total. The van der Waals surface area contributed by atoms with E-state index in [4.69, 9.17) is 0 Å². The van der Waals surface area contributed by atoms with Gasteiger partial charge in [0.2, 0.25) is 5.91 Å². The number of hydrogen-bond donors (Lipinski definition) is 0. The summed E-state index contributed by atoms with van der Waals surface area (Å²) in [5, 5.41) is 0. The number of pyridine rings is 2. The van der Waals surface area contributed by atoms with Gasteiger partial charge in [0.1, 0.15) is 0 Å². The Bertz CT molecular complexity index is 657. The Kier molecular flexibility index (Phi) is 5.01. The third-order valence-electron chi connectivity index (χ3n) is 4.39. The fourth-order valence-corrected chi connectivity index (χ4v) is 3.26. The molecule has 0 unspecified atom stereocenters. The third kappa shape index (κ3) is 4.38. The fraction of sp³-hybridized carbons (Fsp3) is 0.421. The van der Waals surface area contributed by atoms with Crippen molar-refractivity contribution in [3.63, 3.8) is 0 Å². The maximum Gasteiger partial charge on any atom is 0.227 e. The number of rotatable bonds is 4. The lowest BCUT2D eigenvalue weighted by molar-refractivity contribution is -0.132. The highest BCUT2D eigenvalue weighted by Crippen LogP contribution is 2.21. The Labute approximate surface area is 137 Å². The SMILES string of the molecule is Cc1cccc(C[C@@H]2CCCN(C(=O)Cc3cccnc3)C2)n1. The summed E-state index contributed by atoms with van der Waals surface area (Å²) < 4.78 is 0. The van der Waals surface area contributed by atoms with Crippen molar-refractivity contribution in [3.05, 3.63) is 59.7 Å². The molecule has 0 bridgehead atoms. The number of carbonyl (C=O) groups excluding carboxylic acids is 1. The molecule has 0 radical (unpaired) electrons. The van der Waals surface area contributed by atoms with Crippen LogP contribution in [-0.4, -0.2) is 33.9 Å². The Morgan fingerprint density at radius 2 is 2.22 bits per heavy atom. The minimum Gasteiger partial charge on any atom is -0.342 e. The van der Waals surface area contributed by atoms with Crippen LogP contribution in [0.25, 0.3) is 0 Å². The zero-order valence-corrected chi connectivity index (χ0v) is 13.6. The Morgan fingerprint density at radius 1 is 1.30 bits per heavy atom. The molecule has 1 aliphatic heterocycles. The van der Waals surface area contributed by atoms with Gasteiger partial charge >= 0.3 is 0 Å². The highest BCUT2D eigenvalue weighted by atomic mass is 16.2. The van der Waals surface area contributed by atoms with Gasteiger partial charge in [0, 0.05) is 36.9 Å². The Balaban J connectivity index is 1.58. The van der Waals surface area contributed by atoms with Crippen molar-refractivity contribution < 1.29 is 4.79 Å². The lowest BCUT2D eigenvalue weighted by atomic mass is 9.92. The zero-order valence-electron chi connectivity index (χ0n) is 13.6.